The summed E-state index contributed by atoms with van der Waals surface area (Å²) in [6, 6.07) is 0. The van der Waals surface area contributed by atoms with E-state index in [4.69, 9.17) is 0 Å². The highest BCUT2D eigenvalue weighted by Gasteiger charge is 2.10. The number of hydrogen-bond donors (Lipinski definition) is 1. The molecule has 0 atom stereocenters. The minimum atomic E-state index is -0.0363. The summed E-state index contributed by atoms with van der Waals surface area (Å²) in [7, 11) is 5.36. The van der Waals surface area contributed by atoms with Crippen LogP contribution in [0.1, 0.15) is 10.7 Å². The Hall–Kier alpha value is -1.89. The largest absolute Gasteiger partial charge is 0.353 e. The van der Waals surface area contributed by atoms with Crippen LogP contribution in [0.2, 0.25) is 0 Å². The molecule has 0 aliphatic heterocycles. The summed E-state index contributed by atoms with van der Waals surface area (Å²) >= 11 is 1.62. The smallest absolute Gasteiger partial charge is 0.243 e. The zero-order chi connectivity index (χ0) is 15.8. The molecule has 1 aromatic rings. The predicted molar refractivity (Wildman–Crippen MR) is 87.5 cm³/mol. The van der Waals surface area contributed by atoms with E-state index in [2.05, 4.69) is 21.9 Å². The molecule has 1 amide bonds. The minimum Gasteiger partial charge on any atom is -0.353 e. The number of rotatable bonds is 6. The maximum Gasteiger partial charge on any atom is 0.243 e. The third kappa shape index (κ3) is 5.95. The normalized spacial score (nSPS) is 11.1. The van der Waals surface area contributed by atoms with E-state index in [1.54, 1.807) is 31.5 Å². The van der Waals surface area contributed by atoms with Gasteiger partial charge >= 0.3 is 0 Å². The Kier molecular flexibility index (Phi) is 6.87. The molecule has 0 aliphatic carbocycles. The molecule has 21 heavy (non-hydrogen) atoms. The molecule has 0 radical (unpaired) electrons. The number of hydrogen-bond acceptors (Lipinski definition) is 4. The summed E-state index contributed by atoms with van der Waals surface area (Å²) in [6.07, 6.45) is 1.75. The van der Waals surface area contributed by atoms with Gasteiger partial charge in [-0.25, -0.2) is 9.98 Å². The van der Waals surface area contributed by atoms with Crippen LogP contribution in [0.25, 0.3) is 0 Å². The molecule has 1 aromatic heterocycles. The van der Waals surface area contributed by atoms with Gasteiger partial charge in [-0.05, 0) is 6.92 Å². The lowest BCUT2D eigenvalue weighted by Gasteiger charge is -2.21. The second-order valence-corrected chi connectivity index (χ2v) is 5.87. The number of carbonyl (C=O) groups is 1. The van der Waals surface area contributed by atoms with Crippen LogP contribution in [0.3, 0.4) is 0 Å². The van der Waals surface area contributed by atoms with Gasteiger partial charge < -0.3 is 15.1 Å². The highest BCUT2D eigenvalue weighted by Crippen LogP contribution is 2.09. The van der Waals surface area contributed by atoms with E-state index in [1.165, 1.54) is 4.90 Å². The molecule has 0 saturated heterocycles. The average molecular weight is 309 g/mol. The first-order valence-electron chi connectivity index (χ1n) is 6.65. The zero-order valence-electron chi connectivity index (χ0n) is 13.1. The molecule has 1 heterocycles. The van der Waals surface area contributed by atoms with Crippen LogP contribution in [0.15, 0.2) is 23.0 Å². The van der Waals surface area contributed by atoms with Gasteiger partial charge in [-0.3, -0.25) is 4.79 Å². The molecule has 1 N–H and O–H groups in total. The Morgan fingerprint density at radius 1 is 1.52 bits per heavy atom. The number of aromatic nitrogens is 1. The van der Waals surface area contributed by atoms with Crippen molar-refractivity contribution in [2.24, 2.45) is 4.99 Å². The molecular weight excluding hydrogens is 286 g/mol. The summed E-state index contributed by atoms with van der Waals surface area (Å²) in [5.41, 5.74) is 0.993. The van der Waals surface area contributed by atoms with Crippen LogP contribution in [0.5, 0.6) is 0 Å². The second kappa shape index (κ2) is 8.41. The number of nitrogens with one attached hydrogen (secondary N) is 1. The summed E-state index contributed by atoms with van der Waals surface area (Å²) in [6.45, 7) is 7.01. The molecule has 0 spiro atoms. The van der Waals surface area contributed by atoms with Gasteiger partial charge in [-0.15, -0.1) is 17.9 Å². The van der Waals surface area contributed by atoms with E-state index in [-0.39, 0.29) is 12.5 Å². The highest BCUT2D eigenvalue weighted by atomic mass is 32.1. The maximum atomic E-state index is 11.6. The third-order valence-corrected chi connectivity index (χ3v) is 3.52. The van der Waals surface area contributed by atoms with Crippen LogP contribution >= 0.6 is 11.3 Å². The van der Waals surface area contributed by atoms with Crippen LogP contribution in [0, 0.1) is 6.92 Å². The molecule has 0 unspecified atom stereocenters. The third-order valence-electron chi connectivity index (χ3n) is 2.69. The fourth-order valence-electron chi connectivity index (χ4n) is 1.56. The summed E-state index contributed by atoms with van der Waals surface area (Å²) in [5, 5.41) is 6.22. The van der Waals surface area contributed by atoms with Crippen LogP contribution in [-0.4, -0.2) is 60.9 Å². The van der Waals surface area contributed by atoms with E-state index in [0.717, 1.165) is 10.7 Å². The van der Waals surface area contributed by atoms with Gasteiger partial charge in [-0.2, -0.15) is 0 Å². The molecule has 6 nitrogen and oxygen atoms in total. The predicted octanol–water partition coefficient (Wildman–Crippen LogP) is 1.10. The van der Waals surface area contributed by atoms with Crippen molar-refractivity contribution in [2.75, 3.05) is 34.2 Å². The fourth-order valence-corrected chi connectivity index (χ4v) is 2.16. The van der Waals surface area contributed by atoms with E-state index in [1.807, 2.05) is 24.3 Å². The quantitative estimate of drug-likeness (QED) is 0.486. The SMILES string of the molecule is C=CCNC(=NCC(=O)N(C)C)N(C)Cc1csc(C)n1. The molecule has 7 heteroatoms. The first kappa shape index (κ1) is 17.2. The van der Waals surface area contributed by atoms with Crippen molar-refractivity contribution in [3.05, 3.63) is 28.7 Å². The topological polar surface area (TPSA) is 60.8 Å². The molecule has 0 aliphatic rings. The summed E-state index contributed by atoms with van der Waals surface area (Å²) < 4.78 is 0. The van der Waals surface area contributed by atoms with Gasteiger partial charge in [0.05, 0.1) is 17.2 Å². The van der Waals surface area contributed by atoms with Crippen LogP contribution in [-0.2, 0) is 11.3 Å². The molecule has 0 saturated carbocycles. The van der Waals surface area contributed by atoms with Gasteiger partial charge in [0.1, 0.15) is 6.54 Å². The van der Waals surface area contributed by atoms with Crippen molar-refractivity contribution in [1.82, 2.24) is 20.1 Å². The lowest BCUT2D eigenvalue weighted by atomic mass is 10.4. The highest BCUT2D eigenvalue weighted by molar-refractivity contribution is 7.09. The number of aliphatic imine (C=N–C) groups is 1. The average Bonchev–Trinajstić information content (AvgIpc) is 2.83. The monoisotopic (exact) mass is 309 g/mol. The van der Waals surface area contributed by atoms with Gasteiger partial charge in [0.25, 0.3) is 0 Å². The Balaban J connectivity index is 2.72. The van der Waals surface area contributed by atoms with Crippen molar-refractivity contribution in [3.8, 4) is 0 Å². The second-order valence-electron chi connectivity index (χ2n) is 4.81. The number of likely N-dealkylation sites (N-methyl/N-ethyl adjacent to an activating group) is 1. The first-order valence-corrected chi connectivity index (χ1v) is 7.53. The zero-order valence-corrected chi connectivity index (χ0v) is 13.9. The van der Waals surface area contributed by atoms with Gasteiger partial charge in [0, 0.05) is 33.1 Å². The standard InChI is InChI=1S/C14H23N5OS/c1-6-7-15-14(16-8-13(20)18(3)4)19(5)9-12-10-21-11(2)17-12/h6,10H,1,7-9H2,2-5H3,(H,15,16). The Morgan fingerprint density at radius 2 is 2.24 bits per heavy atom. The minimum absolute atomic E-state index is 0.0363. The van der Waals surface area contributed by atoms with Crippen molar-refractivity contribution in [3.63, 3.8) is 0 Å². The number of aryl methyl sites for hydroxylation is 1. The van der Waals surface area contributed by atoms with E-state index in [9.17, 15) is 4.79 Å². The van der Waals surface area contributed by atoms with Crippen LogP contribution < -0.4 is 5.32 Å². The molecular formula is C14H23N5OS. The van der Waals surface area contributed by atoms with Crippen molar-refractivity contribution >= 4 is 23.2 Å². The lowest BCUT2D eigenvalue weighted by Crippen LogP contribution is -2.39. The number of thiazole rings is 1. The number of amides is 1. The van der Waals surface area contributed by atoms with E-state index in [0.29, 0.717) is 19.0 Å². The first-order chi connectivity index (χ1) is 9.93. The number of guanidine groups is 1. The van der Waals surface area contributed by atoms with Crippen molar-refractivity contribution in [1.29, 1.82) is 0 Å². The Bertz CT molecular complexity index is 509. The molecule has 1 rings (SSSR count). The van der Waals surface area contributed by atoms with Gasteiger partial charge in [0.15, 0.2) is 5.96 Å². The lowest BCUT2D eigenvalue weighted by molar-refractivity contribution is -0.127. The Labute approximate surface area is 130 Å². The number of carbonyl (C=O) groups excluding carboxylic acids is 1. The molecule has 0 fully saturated rings. The van der Waals surface area contributed by atoms with Crippen molar-refractivity contribution in [2.45, 2.75) is 13.5 Å². The molecule has 0 aromatic carbocycles. The summed E-state index contributed by atoms with van der Waals surface area (Å²) in [5.74, 6) is 0.626. The Morgan fingerprint density at radius 3 is 2.76 bits per heavy atom. The van der Waals surface area contributed by atoms with Crippen LogP contribution in [0.4, 0.5) is 0 Å². The van der Waals surface area contributed by atoms with Gasteiger partial charge in [0.2, 0.25) is 5.91 Å². The maximum absolute atomic E-state index is 11.6. The molecule has 0 bridgehead atoms. The van der Waals surface area contributed by atoms with E-state index < -0.39 is 0 Å². The van der Waals surface area contributed by atoms with Crippen molar-refractivity contribution < 1.29 is 4.79 Å². The van der Waals surface area contributed by atoms with E-state index >= 15 is 0 Å². The fraction of sp³-hybridized carbons (Fsp3) is 0.500. The van der Waals surface area contributed by atoms with Gasteiger partial charge in [-0.1, -0.05) is 6.08 Å². The molecule has 116 valence electrons. The number of nitrogens with zero attached hydrogens (tertiary/aromatic N) is 4. The summed E-state index contributed by atoms with van der Waals surface area (Å²) in [4.78, 5) is 23.9.